The van der Waals surface area contributed by atoms with Crippen molar-refractivity contribution < 1.29 is 51.3 Å². The van der Waals surface area contributed by atoms with Gasteiger partial charge in [-0.05, 0) is 0 Å². The van der Waals surface area contributed by atoms with Gasteiger partial charge in [0.2, 0.25) is 12.5 Å². The predicted octanol–water partition coefficient (Wildman–Crippen LogP) is -2.11. The molecule has 0 saturated carbocycles. The molecule has 1 fully saturated rings. The summed E-state index contributed by atoms with van der Waals surface area (Å²) in [6, 6.07) is -3.66. The van der Waals surface area contributed by atoms with Crippen molar-refractivity contribution in [1.82, 2.24) is 14.6 Å². The van der Waals surface area contributed by atoms with E-state index < -0.39 is 64.4 Å². The second-order valence-electron chi connectivity index (χ2n) is 6.04. The highest BCUT2D eigenvalue weighted by molar-refractivity contribution is 7.84. The van der Waals surface area contributed by atoms with Gasteiger partial charge in [-0.1, -0.05) is 5.16 Å². The standard InChI is InChI=1S/C15H16ClN5O11S2/c1-30-8(23)4-32-20-9(6-5-33-15(17-6)18-7(22)3-16)12(24)19-10-11(14(26)31-2)21(13(10)25)34(27,28)29/h5,10-11H,3-4H2,1-2H3,(H,19,24)(H,17,18,22)(H,27,28,29)/b20-9+/t10-,11-/m1/s1. The van der Waals surface area contributed by atoms with Gasteiger partial charge in [0.05, 0.1) is 14.2 Å². The molecule has 2 heterocycles. The molecule has 1 aliphatic rings. The summed E-state index contributed by atoms with van der Waals surface area (Å²) in [5.41, 5.74) is -0.807. The molecule has 1 aromatic rings. The predicted molar refractivity (Wildman–Crippen MR) is 112 cm³/mol. The fraction of sp³-hybridized carbons (Fsp3) is 0.400. The summed E-state index contributed by atoms with van der Waals surface area (Å²) < 4.78 is 40.6. The van der Waals surface area contributed by atoms with Crippen molar-refractivity contribution in [3.63, 3.8) is 0 Å². The Bertz CT molecular complexity index is 1140. The first-order chi connectivity index (χ1) is 15.9. The number of alkyl halides is 1. The molecule has 0 aromatic carbocycles. The molecule has 0 spiro atoms. The van der Waals surface area contributed by atoms with Gasteiger partial charge < -0.3 is 24.9 Å². The molecule has 3 amide bonds. The Morgan fingerprint density at radius 2 is 1.97 bits per heavy atom. The van der Waals surface area contributed by atoms with Crippen molar-refractivity contribution in [1.29, 1.82) is 0 Å². The summed E-state index contributed by atoms with van der Waals surface area (Å²) in [4.78, 5) is 68.3. The van der Waals surface area contributed by atoms with E-state index in [1.54, 1.807) is 0 Å². The number of carbonyl (C=O) groups excluding carboxylic acids is 5. The molecule has 186 valence electrons. The molecular weight excluding hydrogens is 526 g/mol. The molecule has 0 radical (unpaired) electrons. The van der Waals surface area contributed by atoms with Gasteiger partial charge in [-0.2, -0.15) is 12.7 Å². The number of aromatic nitrogens is 1. The van der Waals surface area contributed by atoms with Crippen molar-refractivity contribution in [3.05, 3.63) is 11.1 Å². The summed E-state index contributed by atoms with van der Waals surface area (Å²) in [5.74, 6) is -5.59. The number of nitrogens with one attached hydrogen (secondary N) is 2. The van der Waals surface area contributed by atoms with E-state index in [0.717, 1.165) is 25.6 Å². The van der Waals surface area contributed by atoms with Crippen LogP contribution in [0.25, 0.3) is 0 Å². The molecule has 1 saturated heterocycles. The smallest absolute Gasteiger partial charge is 0.363 e. The van der Waals surface area contributed by atoms with Crippen molar-refractivity contribution in [2.75, 3.05) is 32.0 Å². The highest BCUT2D eigenvalue weighted by Crippen LogP contribution is 2.25. The Kier molecular flexibility index (Phi) is 8.85. The minimum Gasteiger partial charge on any atom is -0.467 e. The van der Waals surface area contributed by atoms with Gasteiger partial charge in [0.1, 0.15) is 17.6 Å². The molecule has 3 N–H and O–H groups in total. The van der Waals surface area contributed by atoms with Gasteiger partial charge in [-0.25, -0.2) is 14.6 Å². The van der Waals surface area contributed by atoms with Crippen LogP contribution in [0.5, 0.6) is 0 Å². The number of esters is 2. The minimum absolute atomic E-state index is 0.0128. The van der Waals surface area contributed by atoms with Crippen LogP contribution < -0.4 is 10.6 Å². The lowest BCUT2D eigenvalue weighted by atomic mass is 9.98. The summed E-state index contributed by atoms with van der Waals surface area (Å²) >= 11 is 6.26. The number of carbonyl (C=O) groups is 5. The van der Waals surface area contributed by atoms with Crippen LogP contribution >= 0.6 is 22.9 Å². The van der Waals surface area contributed by atoms with Gasteiger partial charge in [-0.15, -0.1) is 22.9 Å². The number of anilines is 1. The molecule has 19 heteroatoms. The van der Waals surface area contributed by atoms with E-state index >= 15 is 0 Å². The number of β-lactam (4-membered cyclic amide) rings is 1. The van der Waals surface area contributed by atoms with Crippen molar-refractivity contribution in [3.8, 4) is 0 Å². The first-order valence-electron chi connectivity index (χ1n) is 8.72. The third-order valence-electron chi connectivity index (χ3n) is 3.93. The minimum atomic E-state index is -5.13. The average molecular weight is 542 g/mol. The third-order valence-corrected chi connectivity index (χ3v) is 5.83. The largest absolute Gasteiger partial charge is 0.467 e. The molecule has 0 unspecified atom stereocenters. The monoisotopic (exact) mass is 541 g/mol. The molecule has 0 bridgehead atoms. The van der Waals surface area contributed by atoms with Crippen LogP contribution in [0, 0.1) is 0 Å². The van der Waals surface area contributed by atoms with Crippen molar-refractivity contribution in [2.24, 2.45) is 5.16 Å². The number of methoxy groups -OCH3 is 2. The van der Waals surface area contributed by atoms with Crippen molar-refractivity contribution in [2.45, 2.75) is 12.1 Å². The second kappa shape index (κ2) is 11.2. The van der Waals surface area contributed by atoms with Crippen LogP contribution in [0.15, 0.2) is 10.5 Å². The second-order valence-corrected chi connectivity index (χ2v) is 8.45. The molecule has 34 heavy (non-hydrogen) atoms. The van der Waals surface area contributed by atoms with E-state index in [1.165, 1.54) is 5.38 Å². The maximum absolute atomic E-state index is 12.8. The number of hydrogen-bond donors (Lipinski definition) is 3. The zero-order valence-corrected chi connectivity index (χ0v) is 19.6. The SMILES string of the molecule is COC(=O)CO/N=C(/C(=O)N[C@H]1C(=O)N(S(=O)(=O)O)[C@H]1C(=O)OC)c1csc(NC(=O)CCl)n1. The van der Waals surface area contributed by atoms with E-state index in [0.29, 0.717) is 0 Å². The molecule has 2 atom stereocenters. The van der Waals surface area contributed by atoms with Crippen molar-refractivity contribution >= 4 is 73.7 Å². The van der Waals surface area contributed by atoms with Crippen LogP contribution in [0.1, 0.15) is 5.69 Å². The molecule has 16 nitrogen and oxygen atoms in total. The van der Waals surface area contributed by atoms with Gasteiger partial charge in [-0.3, -0.25) is 18.9 Å². The Balaban J connectivity index is 2.32. The number of thiazole rings is 1. The maximum Gasteiger partial charge on any atom is 0.363 e. The summed E-state index contributed by atoms with van der Waals surface area (Å²) in [7, 11) is -3.17. The molecule has 2 rings (SSSR count). The Hall–Kier alpha value is -3.35. The Morgan fingerprint density at radius 1 is 1.29 bits per heavy atom. The molecule has 1 aliphatic heterocycles. The third kappa shape index (κ3) is 6.16. The topological polar surface area (TPSA) is 220 Å². The average Bonchev–Trinajstić information content (AvgIpc) is 3.24. The summed E-state index contributed by atoms with van der Waals surface area (Å²) in [6.45, 7) is -0.711. The highest BCUT2D eigenvalue weighted by atomic mass is 35.5. The number of hydrogen-bond acceptors (Lipinski definition) is 13. The van der Waals surface area contributed by atoms with Crippen LogP contribution in [0.2, 0.25) is 0 Å². The van der Waals surface area contributed by atoms with Gasteiger partial charge in [0, 0.05) is 5.38 Å². The lowest BCUT2D eigenvalue weighted by molar-refractivity contribution is -0.162. The first-order valence-corrected chi connectivity index (χ1v) is 11.5. The zero-order valence-electron chi connectivity index (χ0n) is 17.2. The van der Waals surface area contributed by atoms with E-state index in [4.69, 9.17) is 21.0 Å². The van der Waals surface area contributed by atoms with E-state index in [-0.39, 0.29) is 21.0 Å². The Labute approximate surface area is 200 Å². The van der Waals surface area contributed by atoms with Crippen LogP contribution in [-0.2, 0) is 48.6 Å². The summed E-state index contributed by atoms with van der Waals surface area (Å²) in [6.07, 6.45) is 0. The van der Waals surface area contributed by atoms with Crippen LogP contribution in [0.3, 0.4) is 0 Å². The quantitative estimate of drug-likeness (QED) is 0.0722. The lowest BCUT2D eigenvalue weighted by Crippen LogP contribution is -2.74. The van der Waals surface area contributed by atoms with E-state index in [1.807, 2.05) is 0 Å². The lowest BCUT2D eigenvalue weighted by Gasteiger charge is -2.41. The fourth-order valence-corrected chi connectivity index (χ4v) is 4.04. The molecular formula is C15H16ClN5O11S2. The summed E-state index contributed by atoms with van der Waals surface area (Å²) in [5, 5.41) is 9.16. The van der Waals surface area contributed by atoms with Crippen LogP contribution in [0.4, 0.5) is 5.13 Å². The first kappa shape index (κ1) is 26.9. The molecule has 0 aliphatic carbocycles. The number of nitrogens with zero attached hydrogens (tertiary/aromatic N) is 3. The number of rotatable bonds is 10. The number of ether oxygens (including phenoxy) is 2. The number of amides is 3. The zero-order chi connectivity index (χ0) is 25.6. The van der Waals surface area contributed by atoms with Gasteiger partial charge >= 0.3 is 22.2 Å². The number of oxime groups is 1. The van der Waals surface area contributed by atoms with Gasteiger partial charge in [0.25, 0.3) is 11.8 Å². The van der Waals surface area contributed by atoms with Crippen LogP contribution in [-0.4, -0.2) is 96.4 Å². The van der Waals surface area contributed by atoms with Gasteiger partial charge in [0.15, 0.2) is 16.9 Å². The maximum atomic E-state index is 12.8. The fourth-order valence-electron chi connectivity index (χ4n) is 2.43. The molecule has 1 aromatic heterocycles. The normalized spacial score (nSPS) is 17.9. The Morgan fingerprint density at radius 3 is 2.53 bits per heavy atom. The number of halogens is 1. The van der Waals surface area contributed by atoms with E-state index in [9.17, 15) is 32.4 Å². The van der Waals surface area contributed by atoms with E-state index in [2.05, 4.69) is 30.2 Å². The highest BCUT2D eigenvalue weighted by Gasteiger charge is 2.58.